The number of aromatic carboxylic acids is 1. The fraction of sp³-hybridized carbons (Fsp3) is 0. The summed E-state index contributed by atoms with van der Waals surface area (Å²) >= 11 is 0. The van der Waals surface area contributed by atoms with Crippen LogP contribution in [0.5, 0.6) is 0 Å². The highest BCUT2D eigenvalue weighted by atomic mass is 19.1. The maximum Gasteiger partial charge on any atom is 0.343 e. The summed E-state index contributed by atoms with van der Waals surface area (Å²) in [4.78, 5) is 33.3. The molecule has 8 heteroatoms. The molecule has 0 aliphatic carbocycles. The number of benzene rings is 2. The van der Waals surface area contributed by atoms with Crippen molar-refractivity contribution in [3.63, 3.8) is 0 Å². The molecule has 0 heterocycles. The Morgan fingerprint density at radius 1 is 1.14 bits per heavy atom. The molecule has 0 radical (unpaired) electrons. The molecular formula is C14H9FN2O5. The Labute approximate surface area is 123 Å². The van der Waals surface area contributed by atoms with Crippen LogP contribution in [-0.4, -0.2) is 21.9 Å². The lowest BCUT2D eigenvalue weighted by molar-refractivity contribution is -0.385. The molecule has 0 bridgehead atoms. The van der Waals surface area contributed by atoms with E-state index in [1.165, 1.54) is 24.3 Å². The normalized spacial score (nSPS) is 10.0. The second-order valence-electron chi connectivity index (χ2n) is 4.20. The average Bonchev–Trinajstić information content (AvgIpc) is 2.48. The zero-order valence-corrected chi connectivity index (χ0v) is 10.9. The maximum atomic E-state index is 13.5. The van der Waals surface area contributed by atoms with Gasteiger partial charge in [0.2, 0.25) is 0 Å². The standard InChI is InChI=1S/C14H9FN2O5/c15-9-5-1-2-6-10(9)16-13(18)8-4-3-7-11(17(21)22)12(8)14(19)20/h1-7H,(H,16,18)(H,19,20). The van der Waals surface area contributed by atoms with Crippen molar-refractivity contribution in [1.82, 2.24) is 0 Å². The van der Waals surface area contributed by atoms with E-state index in [9.17, 15) is 24.1 Å². The summed E-state index contributed by atoms with van der Waals surface area (Å²) in [5, 5.41) is 22.2. The first kappa shape index (κ1) is 15.1. The lowest BCUT2D eigenvalue weighted by Gasteiger charge is -2.08. The van der Waals surface area contributed by atoms with E-state index >= 15 is 0 Å². The largest absolute Gasteiger partial charge is 0.477 e. The minimum atomic E-state index is -1.62. The summed E-state index contributed by atoms with van der Waals surface area (Å²) in [6.45, 7) is 0. The number of halogens is 1. The van der Waals surface area contributed by atoms with E-state index in [-0.39, 0.29) is 5.69 Å². The highest BCUT2D eigenvalue weighted by Crippen LogP contribution is 2.24. The molecule has 0 unspecified atom stereocenters. The van der Waals surface area contributed by atoms with Crippen LogP contribution in [0.2, 0.25) is 0 Å². The van der Waals surface area contributed by atoms with E-state index in [2.05, 4.69) is 5.32 Å². The van der Waals surface area contributed by atoms with Crippen LogP contribution in [0.1, 0.15) is 20.7 Å². The number of nitro benzene ring substituents is 1. The lowest BCUT2D eigenvalue weighted by Crippen LogP contribution is -2.18. The summed E-state index contributed by atoms with van der Waals surface area (Å²) in [5.41, 5.74) is -2.05. The van der Waals surface area contributed by atoms with Crippen molar-refractivity contribution in [3.05, 3.63) is 69.5 Å². The number of nitrogens with zero attached hydrogens (tertiary/aromatic N) is 1. The molecular weight excluding hydrogens is 295 g/mol. The number of hydrogen-bond acceptors (Lipinski definition) is 4. The first-order chi connectivity index (χ1) is 10.4. The molecule has 2 rings (SSSR count). The topological polar surface area (TPSA) is 110 Å². The third kappa shape index (κ3) is 2.90. The predicted octanol–water partition coefficient (Wildman–Crippen LogP) is 2.68. The smallest absolute Gasteiger partial charge is 0.343 e. The molecule has 0 saturated heterocycles. The number of nitrogens with one attached hydrogen (secondary N) is 1. The van der Waals surface area contributed by atoms with Crippen LogP contribution in [0.4, 0.5) is 15.8 Å². The molecule has 0 atom stereocenters. The van der Waals surface area contributed by atoms with Crippen molar-refractivity contribution in [3.8, 4) is 0 Å². The van der Waals surface area contributed by atoms with Crippen molar-refractivity contribution < 1.29 is 24.0 Å². The fourth-order valence-corrected chi connectivity index (χ4v) is 1.86. The number of carbonyl (C=O) groups is 2. The Bertz CT molecular complexity index is 776. The highest BCUT2D eigenvalue weighted by molar-refractivity contribution is 6.12. The molecule has 0 aliphatic rings. The number of para-hydroxylation sites is 1. The molecule has 0 fully saturated rings. The fourth-order valence-electron chi connectivity index (χ4n) is 1.86. The number of carboxylic acid groups (broad SMARTS) is 1. The van der Waals surface area contributed by atoms with Gasteiger partial charge in [-0.25, -0.2) is 9.18 Å². The molecule has 2 N–H and O–H groups in total. The Balaban J connectivity index is 2.46. The quantitative estimate of drug-likeness (QED) is 0.666. The molecule has 112 valence electrons. The molecule has 2 aromatic carbocycles. The molecule has 2 aromatic rings. The predicted molar refractivity (Wildman–Crippen MR) is 74.4 cm³/mol. The van der Waals surface area contributed by atoms with Crippen molar-refractivity contribution >= 4 is 23.3 Å². The number of carboxylic acids is 1. The Hall–Kier alpha value is -3.29. The summed E-state index contributed by atoms with van der Waals surface area (Å²) in [6.07, 6.45) is 0. The van der Waals surface area contributed by atoms with Crippen LogP contribution in [0.3, 0.4) is 0 Å². The number of amides is 1. The van der Waals surface area contributed by atoms with Crippen molar-refractivity contribution in [1.29, 1.82) is 0 Å². The van der Waals surface area contributed by atoms with Gasteiger partial charge in [0.15, 0.2) is 0 Å². The third-order valence-electron chi connectivity index (χ3n) is 2.82. The van der Waals surface area contributed by atoms with E-state index < -0.39 is 39.4 Å². The van der Waals surface area contributed by atoms with Crippen molar-refractivity contribution in [2.75, 3.05) is 5.32 Å². The summed E-state index contributed by atoms with van der Waals surface area (Å²) in [6, 6.07) is 8.56. The van der Waals surface area contributed by atoms with E-state index in [0.29, 0.717) is 0 Å². The van der Waals surface area contributed by atoms with E-state index in [0.717, 1.165) is 18.2 Å². The molecule has 0 aromatic heterocycles. The van der Waals surface area contributed by atoms with E-state index in [1.807, 2.05) is 0 Å². The van der Waals surface area contributed by atoms with Gasteiger partial charge in [-0.15, -0.1) is 0 Å². The van der Waals surface area contributed by atoms with Gasteiger partial charge in [0.25, 0.3) is 11.6 Å². The van der Waals surface area contributed by atoms with Crippen molar-refractivity contribution in [2.24, 2.45) is 0 Å². The lowest BCUT2D eigenvalue weighted by atomic mass is 10.0. The number of nitro groups is 1. The molecule has 0 spiro atoms. The highest BCUT2D eigenvalue weighted by Gasteiger charge is 2.27. The summed E-state index contributed by atoms with van der Waals surface area (Å²) in [5.74, 6) is -3.28. The van der Waals surface area contributed by atoms with Gasteiger partial charge in [-0.3, -0.25) is 14.9 Å². The molecule has 22 heavy (non-hydrogen) atoms. The average molecular weight is 304 g/mol. The second kappa shape index (κ2) is 6.00. The maximum absolute atomic E-state index is 13.5. The van der Waals surface area contributed by atoms with Gasteiger partial charge >= 0.3 is 5.97 Å². The van der Waals surface area contributed by atoms with Crippen LogP contribution in [0.15, 0.2) is 42.5 Å². The zero-order valence-electron chi connectivity index (χ0n) is 10.9. The zero-order chi connectivity index (χ0) is 16.3. The van der Waals surface area contributed by atoms with Crippen LogP contribution in [0, 0.1) is 15.9 Å². The van der Waals surface area contributed by atoms with Crippen molar-refractivity contribution in [2.45, 2.75) is 0 Å². The minimum Gasteiger partial charge on any atom is -0.477 e. The van der Waals surface area contributed by atoms with Gasteiger partial charge in [0.05, 0.1) is 16.2 Å². The van der Waals surface area contributed by atoms with Gasteiger partial charge in [-0.2, -0.15) is 0 Å². The van der Waals surface area contributed by atoms with Crippen LogP contribution in [-0.2, 0) is 0 Å². The van der Waals surface area contributed by atoms with Gasteiger partial charge in [-0.05, 0) is 18.2 Å². The number of hydrogen-bond donors (Lipinski definition) is 2. The van der Waals surface area contributed by atoms with Crippen LogP contribution in [0.25, 0.3) is 0 Å². The van der Waals surface area contributed by atoms with E-state index in [1.54, 1.807) is 0 Å². The molecule has 0 aliphatic heterocycles. The SMILES string of the molecule is O=C(Nc1ccccc1F)c1cccc([N+](=O)[O-])c1C(=O)O. The Kier molecular flexibility index (Phi) is 4.12. The van der Waals surface area contributed by atoms with Gasteiger partial charge < -0.3 is 10.4 Å². The summed E-state index contributed by atoms with van der Waals surface area (Å²) in [7, 11) is 0. The first-order valence-corrected chi connectivity index (χ1v) is 5.98. The summed E-state index contributed by atoms with van der Waals surface area (Å²) < 4.78 is 13.5. The number of anilines is 1. The monoisotopic (exact) mass is 304 g/mol. The van der Waals surface area contributed by atoms with E-state index in [4.69, 9.17) is 5.11 Å². The van der Waals surface area contributed by atoms with Gasteiger partial charge in [0.1, 0.15) is 11.4 Å². The molecule has 1 amide bonds. The van der Waals surface area contributed by atoms with Crippen LogP contribution < -0.4 is 5.32 Å². The number of rotatable bonds is 4. The second-order valence-corrected chi connectivity index (χ2v) is 4.20. The van der Waals surface area contributed by atoms with Gasteiger partial charge in [-0.1, -0.05) is 18.2 Å². The first-order valence-electron chi connectivity index (χ1n) is 5.98. The minimum absolute atomic E-state index is 0.157. The Morgan fingerprint density at radius 3 is 2.41 bits per heavy atom. The molecule has 7 nitrogen and oxygen atoms in total. The van der Waals surface area contributed by atoms with Gasteiger partial charge in [0, 0.05) is 6.07 Å². The van der Waals surface area contributed by atoms with Crippen LogP contribution >= 0.6 is 0 Å². The number of carbonyl (C=O) groups excluding carboxylic acids is 1. The third-order valence-corrected chi connectivity index (χ3v) is 2.82. The Morgan fingerprint density at radius 2 is 1.82 bits per heavy atom. The molecule has 0 saturated carbocycles.